The van der Waals surface area contributed by atoms with Gasteiger partial charge in [0.1, 0.15) is 23.1 Å². The molecular weight excluding hydrogens is 593 g/mol. The molecule has 4 aromatic rings. The van der Waals surface area contributed by atoms with Gasteiger partial charge in [0, 0.05) is 53.4 Å². The molecule has 1 aromatic heterocycles. The summed E-state index contributed by atoms with van der Waals surface area (Å²) in [6, 6.07) is 17.8. The van der Waals surface area contributed by atoms with Crippen LogP contribution in [0.4, 0.5) is 14.5 Å². The van der Waals surface area contributed by atoms with E-state index in [4.69, 9.17) is 4.74 Å². The topological polar surface area (TPSA) is 124 Å². The maximum Gasteiger partial charge on any atom is 1.00 e. The second kappa shape index (κ2) is 16.0. The van der Waals surface area contributed by atoms with E-state index in [1.807, 2.05) is 13.8 Å². The van der Waals surface area contributed by atoms with Crippen LogP contribution in [0.2, 0.25) is 0 Å². The van der Waals surface area contributed by atoms with Crippen LogP contribution < -0.4 is 44.7 Å². The number of aliphatic hydroxyl groups is 2. The number of aromatic nitrogens is 1. The number of hydrogen-bond acceptors (Lipinski definition) is 6. The van der Waals surface area contributed by atoms with E-state index in [1.54, 1.807) is 59.2 Å². The molecule has 0 saturated carbocycles. The number of carboxylic acid groups (broad SMARTS) is 1. The van der Waals surface area contributed by atoms with Gasteiger partial charge >= 0.3 is 29.6 Å². The number of carbonyl (C=O) groups is 2. The third-order valence-corrected chi connectivity index (χ3v) is 6.96. The summed E-state index contributed by atoms with van der Waals surface area (Å²) in [5.41, 5.74) is 3.17. The number of amides is 1. The Hall–Kier alpha value is -3.80. The largest absolute Gasteiger partial charge is 1.00 e. The van der Waals surface area contributed by atoms with Crippen molar-refractivity contribution in [3.8, 4) is 28.0 Å². The zero-order valence-corrected chi connectivity index (χ0v) is 27.5. The van der Waals surface area contributed by atoms with Crippen LogP contribution in [0.3, 0.4) is 0 Å². The van der Waals surface area contributed by atoms with Crippen LogP contribution in [0.15, 0.2) is 78.9 Å². The fourth-order valence-corrected chi connectivity index (χ4v) is 5.06. The molecule has 0 aliphatic rings. The second-order valence-electron chi connectivity index (χ2n) is 10.5. The fourth-order valence-electron chi connectivity index (χ4n) is 5.06. The van der Waals surface area contributed by atoms with Crippen LogP contribution in [0, 0.1) is 11.6 Å². The first-order valence-corrected chi connectivity index (χ1v) is 14.0. The number of nitrogens with one attached hydrogen (secondary N) is 1. The SMILES string of the molecule is COc1cccc(NC(=O)c2c(-c3ccc(F)cc3)c(-c3ccc(F)cc3)c(/C=C/[C@@H](O)C[C@@H](O)CC(=O)[O-])n2C(C)C)c1.[Na+]. The molecule has 0 radical (unpaired) electrons. The number of carbonyl (C=O) groups excluding carboxylic acids is 2. The minimum Gasteiger partial charge on any atom is -0.550 e. The van der Waals surface area contributed by atoms with Crippen LogP contribution in [0.25, 0.3) is 28.3 Å². The number of anilines is 1. The molecule has 0 fully saturated rings. The molecule has 0 spiro atoms. The summed E-state index contributed by atoms with van der Waals surface area (Å²) in [6.07, 6.45) is -0.539. The Kier molecular flexibility index (Phi) is 12.7. The van der Waals surface area contributed by atoms with E-state index in [1.165, 1.54) is 37.5 Å². The smallest absolute Gasteiger partial charge is 0.550 e. The standard InChI is InChI=1S/C34H34F2N2O6.Na/c1-20(2)38-29(16-15-26(39)18-27(40)19-30(41)42)31(21-7-11-23(35)12-8-21)32(22-9-13-24(36)14-10-22)33(38)34(43)37-25-5-4-6-28(17-25)44-3;/h4-17,20,26-27,39-40H,18-19H2,1-3H3,(H,37,43)(H,41,42);/q;+1/p-1/b16-15+;/t26-,27-;/m1./s1. The summed E-state index contributed by atoms with van der Waals surface area (Å²) in [5.74, 6) is -2.34. The number of nitrogens with zero attached hydrogens (tertiary/aromatic N) is 1. The van der Waals surface area contributed by atoms with Gasteiger partial charge in [-0.05, 0) is 67.4 Å². The van der Waals surface area contributed by atoms with Gasteiger partial charge in [-0.2, -0.15) is 0 Å². The molecule has 8 nitrogen and oxygen atoms in total. The van der Waals surface area contributed by atoms with Gasteiger partial charge < -0.3 is 34.7 Å². The molecule has 11 heteroatoms. The summed E-state index contributed by atoms with van der Waals surface area (Å²) >= 11 is 0. The summed E-state index contributed by atoms with van der Waals surface area (Å²) in [7, 11) is 1.51. The summed E-state index contributed by atoms with van der Waals surface area (Å²) in [4.78, 5) is 25.0. The third-order valence-electron chi connectivity index (χ3n) is 6.96. The Bertz CT molecular complexity index is 1650. The average Bonchev–Trinajstić information content (AvgIpc) is 3.32. The molecule has 0 bridgehead atoms. The number of methoxy groups -OCH3 is 1. The Morgan fingerprint density at radius 1 is 0.956 bits per heavy atom. The number of aliphatic hydroxyl groups excluding tert-OH is 2. The molecule has 0 unspecified atom stereocenters. The number of benzene rings is 3. The normalized spacial score (nSPS) is 12.5. The minimum atomic E-state index is -1.45. The van der Waals surface area contributed by atoms with E-state index >= 15 is 0 Å². The van der Waals surface area contributed by atoms with Crippen molar-refractivity contribution in [1.29, 1.82) is 0 Å². The molecule has 1 amide bonds. The van der Waals surface area contributed by atoms with E-state index in [0.717, 1.165) is 0 Å². The summed E-state index contributed by atoms with van der Waals surface area (Å²) < 4.78 is 35.1. The molecular formula is C34H33F2N2NaO6. The Balaban J connectivity index is 0.00000552. The zero-order chi connectivity index (χ0) is 32.0. The molecule has 0 saturated heterocycles. The predicted octanol–water partition coefficient (Wildman–Crippen LogP) is 2.21. The van der Waals surface area contributed by atoms with E-state index in [0.29, 0.717) is 39.4 Å². The van der Waals surface area contributed by atoms with Crippen LogP contribution in [0.5, 0.6) is 5.75 Å². The molecule has 3 N–H and O–H groups in total. The first-order valence-electron chi connectivity index (χ1n) is 14.0. The number of ether oxygens (including phenoxy) is 1. The maximum atomic E-state index is 14.2. The van der Waals surface area contributed by atoms with Crippen LogP contribution in [0.1, 0.15) is 48.9 Å². The van der Waals surface area contributed by atoms with Crippen molar-refractivity contribution in [2.45, 2.75) is 44.9 Å². The van der Waals surface area contributed by atoms with Crippen molar-refractivity contribution in [2.75, 3.05) is 12.4 Å². The van der Waals surface area contributed by atoms with E-state index < -0.39 is 42.1 Å². The Morgan fingerprint density at radius 3 is 2.07 bits per heavy atom. The van der Waals surface area contributed by atoms with Crippen molar-refractivity contribution in [1.82, 2.24) is 4.57 Å². The average molecular weight is 627 g/mol. The first-order chi connectivity index (χ1) is 21.0. The maximum absolute atomic E-state index is 14.2. The van der Waals surface area contributed by atoms with E-state index in [-0.39, 0.29) is 47.7 Å². The molecule has 0 aliphatic heterocycles. The van der Waals surface area contributed by atoms with Gasteiger partial charge in [-0.3, -0.25) is 4.79 Å². The summed E-state index contributed by atoms with van der Waals surface area (Å²) in [6.45, 7) is 3.73. The Morgan fingerprint density at radius 2 is 1.53 bits per heavy atom. The van der Waals surface area contributed by atoms with Gasteiger partial charge in [-0.15, -0.1) is 0 Å². The number of rotatable bonds is 12. The van der Waals surface area contributed by atoms with Crippen molar-refractivity contribution in [3.63, 3.8) is 0 Å². The number of halogens is 2. The molecule has 0 aliphatic carbocycles. The van der Waals surface area contributed by atoms with E-state index in [9.17, 15) is 33.7 Å². The Labute approximate surface area is 282 Å². The third kappa shape index (κ3) is 8.90. The summed E-state index contributed by atoms with van der Waals surface area (Å²) in [5, 5.41) is 34.4. The van der Waals surface area contributed by atoms with Gasteiger partial charge in [0.05, 0.1) is 19.3 Å². The van der Waals surface area contributed by atoms with Crippen molar-refractivity contribution in [2.24, 2.45) is 0 Å². The van der Waals surface area contributed by atoms with Crippen molar-refractivity contribution >= 4 is 23.6 Å². The second-order valence-corrected chi connectivity index (χ2v) is 10.5. The van der Waals surface area contributed by atoms with Crippen LogP contribution in [-0.2, 0) is 4.79 Å². The van der Waals surface area contributed by atoms with Crippen molar-refractivity contribution in [3.05, 3.63) is 102 Å². The molecule has 1 heterocycles. The number of aliphatic carboxylic acids is 1. The molecule has 3 aromatic carbocycles. The molecule has 2 atom stereocenters. The molecule has 45 heavy (non-hydrogen) atoms. The van der Waals surface area contributed by atoms with Gasteiger partial charge in [-0.1, -0.05) is 36.4 Å². The molecule has 230 valence electrons. The minimum absolute atomic E-state index is 0. The number of carboxylic acids is 1. The first kappa shape index (κ1) is 35.7. The van der Waals surface area contributed by atoms with E-state index in [2.05, 4.69) is 5.32 Å². The van der Waals surface area contributed by atoms with Gasteiger partial charge in [0.15, 0.2) is 0 Å². The molecule has 4 rings (SSSR count). The zero-order valence-electron chi connectivity index (χ0n) is 25.5. The van der Waals surface area contributed by atoms with Gasteiger partial charge in [0.25, 0.3) is 5.91 Å². The van der Waals surface area contributed by atoms with Gasteiger partial charge in [0.2, 0.25) is 0 Å². The fraction of sp³-hybridized carbons (Fsp3) is 0.235. The van der Waals surface area contributed by atoms with Crippen LogP contribution in [-0.4, -0.2) is 46.0 Å². The number of hydrogen-bond donors (Lipinski definition) is 3. The monoisotopic (exact) mass is 626 g/mol. The van der Waals surface area contributed by atoms with Gasteiger partial charge in [-0.25, -0.2) is 8.78 Å². The quantitative estimate of drug-likeness (QED) is 0.207. The van der Waals surface area contributed by atoms with Crippen molar-refractivity contribution < 1.29 is 68.0 Å². The predicted molar refractivity (Wildman–Crippen MR) is 162 cm³/mol. The van der Waals surface area contributed by atoms with Crippen LogP contribution >= 0.6 is 0 Å².